The van der Waals surface area contributed by atoms with E-state index in [0.29, 0.717) is 11.1 Å². The molecule has 1 atom stereocenters. The highest BCUT2D eigenvalue weighted by Crippen LogP contribution is 2.25. The molecule has 0 aliphatic carbocycles. The molecule has 1 N–H and O–H groups in total. The minimum atomic E-state index is -0.564. The zero-order valence-electron chi connectivity index (χ0n) is 12.3. The van der Waals surface area contributed by atoms with Gasteiger partial charge in [-0.05, 0) is 56.1 Å². The van der Waals surface area contributed by atoms with Crippen LogP contribution in [0.15, 0.2) is 30.3 Å². The molecule has 0 fully saturated rings. The fraction of sp³-hybridized carbons (Fsp3) is 0.294. The molecule has 0 aliphatic rings. The van der Waals surface area contributed by atoms with Crippen molar-refractivity contribution in [1.82, 2.24) is 5.32 Å². The van der Waals surface area contributed by atoms with E-state index in [0.717, 1.165) is 5.56 Å². The van der Waals surface area contributed by atoms with Crippen LogP contribution in [0, 0.1) is 31.3 Å². The minimum absolute atomic E-state index is 0.0384. The van der Waals surface area contributed by atoms with Gasteiger partial charge < -0.3 is 5.32 Å². The Bertz CT molecular complexity index is 609. The first-order chi connectivity index (χ1) is 9.93. The largest absolute Gasteiger partial charge is 0.313 e. The highest BCUT2D eigenvalue weighted by atomic mass is 19.1. The smallest absolute Gasteiger partial charge is 0.129 e. The zero-order valence-corrected chi connectivity index (χ0v) is 12.3. The van der Waals surface area contributed by atoms with Gasteiger partial charge in [-0.15, -0.1) is 0 Å². The van der Waals surface area contributed by atoms with Crippen molar-refractivity contribution in [1.29, 1.82) is 0 Å². The van der Waals surface area contributed by atoms with Gasteiger partial charge >= 0.3 is 0 Å². The Labute approximate surface area is 122 Å². The van der Waals surface area contributed by atoms with Gasteiger partial charge in [0.15, 0.2) is 0 Å². The molecule has 21 heavy (non-hydrogen) atoms. The van der Waals surface area contributed by atoms with Crippen LogP contribution in [0.5, 0.6) is 0 Å². The average molecular weight is 293 g/mol. The SMILES string of the molecule is CNC(Cc1c(F)cccc1F)c1cc(C)c(F)c(C)c1. The molecule has 0 aromatic heterocycles. The number of hydrogen-bond acceptors (Lipinski definition) is 1. The first-order valence-electron chi connectivity index (χ1n) is 6.80. The Morgan fingerprint density at radius 3 is 2.00 bits per heavy atom. The molecule has 0 heterocycles. The number of nitrogens with one attached hydrogen (secondary N) is 1. The number of aryl methyl sites for hydroxylation is 2. The molecule has 0 spiro atoms. The fourth-order valence-electron chi connectivity index (χ4n) is 2.50. The molecule has 112 valence electrons. The van der Waals surface area contributed by atoms with Gasteiger partial charge in [-0.25, -0.2) is 13.2 Å². The summed E-state index contributed by atoms with van der Waals surface area (Å²) in [6, 6.07) is 6.96. The normalized spacial score (nSPS) is 12.5. The van der Waals surface area contributed by atoms with E-state index >= 15 is 0 Å². The van der Waals surface area contributed by atoms with E-state index in [1.807, 2.05) is 0 Å². The molecule has 2 aromatic carbocycles. The summed E-state index contributed by atoms with van der Waals surface area (Å²) in [7, 11) is 1.72. The van der Waals surface area contributed by atoms with Crippen molar-refractivity contribution in [3.63, 3.8) is 0 Å². The molecule has 1 nitrogen and oxygen atoms in total. The number of likely N-dealkylation sites (N-methyl/N-ethyl adjacent to an activating group) is 1. The van der Waals surface area contributed by atoms with E-state index in [9.17, 15) is 13.2 Å². The van der Waals surface area contributed by atoms with E-state index in [4.69, 9.17) is 0 Å². The van der Waals surface area contributed by atoms with Gasteiger partial charge in [0.1, 0.15) is 17.5 Å². The van der Waals surface area contributed by atoms with Gasteiger partial charge in [-0.1, -0.05) is 18.2 Å². The third kappa shape index (κ3) is 3.27. The predicted octanol–water partition coefficient (Wildman–Crippen LogP) is 4.22. The summed E-state index contributed by atoms with van der Waals surface area (Å²) in [4.78, 5) is 0. The molecule has 0 aliphatic heterocycles. The highest BCUT2D eigenvalue weighted by molar-refractivity contribution is 5.34. The molecule has 0 radical (unpaired) electrons. The van der Waals surface area contributed by atoms with Crippen LogP contribution < -0.4 is 5.32 Å². The van der Waals surface area contributed by atoms with Crippen LogP contribution in [0.1, 0.15) is 28.3 Å². The lowest BCUT2D eigenvalue weighted by Gasteiger charge is -2.19. The van der Waals surface area contributed by atoms with Crippen LogP contribution in [0.2, 0.25) is 0 Å². The second-order valence-corrected chi connectivity index (χ2v) is 5.21. The molecule has 0 amide bonds. The Morgan fingerprint density at radius 1 is 1.00 bits per heavy atom. The summed E-state index contributed by atoms with van der Waals surface area (Å²) in [6.07, 6.45) is 0.166. The standard InChI is InChI=1S/C17H18F3N/c1-10-7-12(8-11(2)17(10)20)16(21-3)9-13-14(18)5-4-6-15(13)19/h4-8,16,21H,9H2,1-3H3. The zero-order chi connectivity index (χ0) is 15.6. The van der Waals surface area contributed by atoms with Crippen LogP contribution in [0.3, 0.4) is 0 Å². The lowest BCUT2D eigenvalue weighted by Crippen LogP contribution is -2.20. The van der Waals surface area contributed by atoms with E-state index in [1.165, 1.54) is 18.2 Å². The average Bonchev–Trinajstić information content (AvgIpc) is 2.44. The van der Waals surface area contributed by atoms with Gasteiger partial charge in [-0.2, -0.15) is 0 Å². The van der Waals surface area contributed by atoms with Crippen molar-refractivity contribution in [2.24, 2.45) is 0 Å². The maximum absolute atomic E-state index is 13.8. The molecule has 2 rings (SSSR count). The highest BCUT2D eigenvalue weighted by Gasteiger charge is 2.17. The van der Waals surface area contributed by atoms with Gasteiger partial charge in [0.25, 0.3) is 0 Å². The maximum Gasteiger partial charge on any atom is 0.129 e. The van der Waals surface area contributed by atoms with E-state index < -0.39 is 11.6 Å². The monoisotopic (exact) mass is 293 g/mol. The first-order valence-corrected chi connectivity index (χ1v) is 6.80. The third-order valence-corrected chi connectivity index (χ3v) is 3.68. The van der Waals surface area contributed by atoms with Gasteiger partial charge in [0, 0.05) is 11.6 Å². The number of halogens is 3. The summed E-state index contributed by atoms with van der Waals surface area (Å²) in [6.45, 7) is 3.37. The quantitative estimate of drug-likeness (QED) is 0.890. The third-order valence-electron chi connectivity index (χ3n) is 3.68. The lowest BCUT2D eigenvalue weighted by atomic mass is 9.95. The van der Waals surface area contributed by atoms with E-state index in [-0.39, 0.29) is 23.8 Å². The summed E-state index contributed by atoms with van der Waals surface area (Å²) in [5.41, 5.74) is 1.91. The van der Waals surface area contributed by atoms with Crippen molar-refractivity contribution in [3.8, 4) is 0 Å². The second-order valence-electron chi connectivity index (χ2n) is 5.21. The van der Waals surface area contributed by atoms with E-state index in [1.54, 1.807) is 33.0 Å². The Balaban J connectivity index is 2.37. The molecule has 1 unspecified atom stereocenters. The van der Waals surface area contributed by atoms with Gasteiger partial charge in [0.05, 0.1) is 0 Å². The molecule has 2 aromatic rings. The van der Waals surface area contributed by atoms with Crippen LogP contribution >= 0.6 is 0 Å². The number of hydrogen-bond donors (Lipinski definition) is 1. The van der Waals surface area contributed by atoms with Crippen LogP contribution in [0.4, 0.5) is 13.2 Å². The van der Waals surface area contributed by atoms with E-state index in [2.05, 4.69) is 5.32 Å². The van der Waals surface area contributed by atoms with Gasteiger partial charge in [0.2, 0.25) is 0 Å². The predicted molar refractivity (Wildman–Crippen MR) is 77.7 cm³/mol. The maximum atomic E-state index is 13.8. The lowest BCUT2D eigenvalue weighted by molar-refractivity contribution is 0.514. The summed E-state index contributed by atoms with van der Waals surface area (Å²) >= 11 is 0. The molecule has 0 bridgehead atoms. The van der Waals surface area contributed by atoms with Gasteiger partial charge in [-0.3, -0.25) is 0 Å². The Kier molecular flexibility index (Phi) is 4.68. The van der Waals surface area contributed by atoms with Crippen molar-refractivity contribution in [2.45, 2.75) is 26.3 Å². The van der Waals surface area contributed by atoms with Crippen molar-refractivity contribution >= 4 is 0 Å². The second kappa shape index (κ2) is 6.31. The molecule has 0 saturated carbocycles. The number of benzene rings is 2. The van der Waals surface area contributed by atoms with Crippen molar-refractivity contribution < 1.29 is 13.2 Å². The van der Waals surface area contributed by atoms with Crippen molar-refractivity contribution in [3.05, 3.63) is 70.0 Å². The molecular formula is C17H18F3N. The van der Waals surface area contributed by atoms with Crippen molar-refractivity contribution in [2.75, 3.05) is 7.05 Å². The molecule has 4 heteroatoms. The van der Waals surface area contributed by atoms with Crippen LogP contribution in [0.25, 0.3) is 0 Å². The minimum Gasteiger partial charge on any atom is -0.313 e. The molecular weight excluding hydrogens is 275 g/mol. The Morgan fingerprint density at radius 2 is 1.52 bits per heavy atom. The number of rotatable bonds is 4. The van der Waals surface area contributed by atoms with Crippen LogP contribution in [-0.4, -0.2) is 7.05 Å². The molecule has 0 saturated heterocycles. The summed E-state index contributed by atoms with van der Waals surface area (Å²) in [5, 5.41) is 3.04. The summed E-state index contributed by atoms with van der Waals surface area (Å²) in [5.74, 6) is -1.37. The van der Waals surface area contributed by atoms with Crippen LogP contribution in [-0.2, 0) is 6.42 Å². The first kappa shape index (κ1) is 15.6. The topological polar surface area (TPSA) is 12.0 Å². The summed E-state index contributed by atoms with van der Waals surface area (Å²) < 4.78 is 41.2. The Hall–Kier alpha value is -1.81. The fourth-order valence-corrected chi connectivity index (χ4v) is 2.50.